The lowest BCUT2D eigenvalue weighted by Crippen LogP contribution is -2.68. The van der Waals surface area contributed by atoms with Crippen molar-refractivity contribution in [3.63, 3.8) is 0 Å². The highest BCUT2D eigenvalue weighted by atomic mass is 16.5. The molecule has 0 radical (unpaired) electrons. The molecular weight excluding hydrogens is 310 g/mol. The third kappa shape index (κ3) is 1.66. The Hall–Kier alpha value is -0.830. The number of esters is 1. The summed E-state index contributed by atoms with van der Waals surface area (Å²) in [6.07, 6.45) is 12.4. The minimum atomic E-state index is 0.0682. The largest absolute Gasteiger partial charge is 0.465 e. The predicted octanol–water partition coefficient (Wildman–Crippen LogP) is 3.79. The molecule has 3 heterocycles. The molecule has 7 atom stereocenters. The highest BCUT2D eigenvalue weighted by molar-refractivity contribution is 5.70. The number of piperidine rings is 1. The fourth-order valence-electron chi connectivity index (χ4n) is 8.75. The Morgan fingerprint density at radius 2 is 2.08 bits per heavy atom. The van der Waals surface area contributed by atoms with Crippen LogP contribution in [0.15, 0.2) is 11.6 Å². The smallest absolute Gasteiger partial charge is 0.305 e. The maximum atomic E-state index is 12.4. The minimum absolute atomic E-state index is 0.0682. The Balaban J connectivity index is 1.62. The Morgan fingerprint density at radius 1 is 1.16 bits per heavy atom. The predicted molar refractivity (Wildman–Crippen MR) is 95.8 cm³/mol. The van der Waals surface area contributed by atoms with Gasteiger partial charge < -0.3 is 4.74 Å². The first-order valence-electron chi connectivity index (χ1n) is 10.8. The molecule has 0 N–H and O–H groups in total. The van der Waals surface area contributed by atoms with E-state index >= 15 is 0 Å². The normalized spacial score (nSPS) is 54.0. The zero-order valence-electron chi connectivity index (χ0n) is 15.5. The average molecular weight is 341 g/mol. The zero-order chi connectivity index (χ0) is 16.8. The molecule has 2 unspecified atom stereocenters. The van der Waals surface area contributed by atoms with Crippen LogP contribution in [0.5, 0.6) is 0 Å². The molecule has 6 aliphatic rings. The van der Waals surface area contributed by atoms with E-state index in [1.807, 2.05) is 0 Å². The lowest BCUT2D eigenvalue weighted by molar-refractivity contribution is -0.174. The van der Waals surface area contributed by atoms with Crippen molar-refractivity contribution in [2.45, 2.75) is 64.3 Å². The third-order valence-corrected chi connectivity index (χ3v) is 9.52. The standard InChI is InChI=1S/C22H31NO2/c1-14-11-23-12-16-6-5-15-3-2-4-18(15)22-10-8-19(24)25-13-21(16,22)9-7-17(14)20(22)23/h4,14-17,20H,2-3,5-13H2,1H3/t14-,15-,16-,17+,20-,21?,22?/m1/s1. The fourth-order valence-corrected chi connectivity index (χ4v) is 8.75. The summed E-state index contributed by atoms with van der Waals surface area (Å²) in [5.74, 6) is 3.25. The molecule has 3 aliphatic heterocycles. The molecule has 0 amide bonds. The van der Waals surface area contributed by atoms with E-state index < -0.39 is 0 Å². The fraction of sp³-hybridized carbons (Fsp3) is 0.864. The number of allylic oxidation sites excluding steroid dienone is 1. The number of carbonyl (C=O) groups is 1. The van der Waals surface area contributed by atoms with E-state index in [0.29, 0.717) is 19.1 Å². The Kier molecular flexibility index (Phi) is 2.99. The maximum absolute atomic E-state index is 12.4. The number of nitrogens with zero attached hydrogens (tertiary/aromatic N) is 1. The molecule has 136 valence electrons. The quantitative estimate of drug-likeness (QED) is 0.496. The molecule has 3 nitrogen and oxygen atoms in total. The van der Waals surface area contributed by atoms with Gasteiger partial charge in [-0.2, -0.15) is 0 Å². The van der Waals surface area contributed by atoms with Gasteiger partial charge in [-0.05, 0) is 68.6 Å². The number of rotatable bonds is 0. The molecular formula is C22H31NO2. The Morgan fingerprint density at radius 3 is 3.00 bits per heavy atom. The monoisotopic (exact) mass is 341 g/mol. The van der Waals surface area contributed by atoms with Crippen LogP contribution in [0.25, 0.3) is 0 Å². The second kappa shape index (κ2) is 4.91. The molecule has 2 saturated carbocycles. The number of hydrogen-bond acceptors (Lipinski definition) is 3. The van der Waals surface area contributed by atoms with Crippen LogP contribution >= 0.6 is 0 Å². The van der Waals surface area contributed by atoms with Gasteiger partial charge in [0.25, 0.3) is 0 Å². The van der Waals surface area contributed by atoms with Crippen molar-refractivity contribution >= 4 is 5.97 Å². The van der Waals surface area contributed by atoms with E-state index in [4.69, 9.17) is 4.74 Å². The van der Waals surface area contributed by atoms with Crippen LogP contribution in [0.4, 0.5) is 0 Å². The van der Waals surface area contributed by atoms with E-state index in [0.717, 1.165) is 30.1 Å². The molecule has 25 heavy (non-hydrogen) atoms. The molecule has 0 aromatic carbocycles. The van der Waals surface area contributed by atoms with Crippen molar-refractivity contribution < 1.29 is 9.53 Å². The molecule has 0 aromatic heterocycles. The summed E-state index contributed by atoms with van der Waals surface area (Å²) in [7, 11) is 0. The van der Waals surface area contributed by atoms with E-state index in [-0.39, 0.29) is 16.8 Å². The van der Waals surface area contributed by atoms with Gasteiger partial charge in [-0.25, -0.2) is 0 Å². The summed E-state index contributed by atoms with van der Waals surface area (Å²) >= 11 is 0. The van der Waals surface area contributed by atoms with Crippen molar-refractivity contribution in [1.29, 1.82) is 0 Å². The van der Waals surface area contributed by atoms with Crippen LogP contribution < -0.4 is 0 Å². The summed E-state index contributed by atoms with van der Waals surface area (Å²) in [6.45, 7) is 5.76. The van der Waals surface area contributed by atoms with Crippen LogP contribution in [-0.4, -0.2) is 36.6 Å². The number of ether oxygens (including phenoxy) is 1. The topological polar surface area (TPSA) is 29.5 Å². The second-order valence-electron chi connectivity index (χ2n) is 10.1. The van der Waals surface area contributed by atoms with Gasteiger partial charge in [-0.3, -0.25) is 9.69 Å². The number of carbonyl (C=O) groups excluding carboxylic acids is 1. The van der Waals surface area contributed by atoms with Gasteiger partial charge in [0, 0.05) is 36.4 Å². The number of cyclic esters (lactones) is 1. The van der Waals surface area contributed by atoms with E-state index in [1.165, 1.54) is 51.6 Å². The summed E-state index contributed by atoms with van der Waals surface area (Å²) in [6, 6.07) is 0.687. The first-order valence-corrected chi connectivity index (χ1v) is 10.8. The van der Waals surface area contributed by atoms with Gasteiger partial charge in [0.1, 0.15) is 0 Å². The maximum Gasteiger partial charge on any atom is 0.305 e. The first-order chi connectivity index (χ1) is 12.2. The average Bonchev–Trinajstić information content (AvgIpc) is 3.14. The summed E-state index contributed by atoms with van der Waals surface area (Å²) < 4.78 is 5.92. The Bertz CT molecular complexity index is 656. The van der Waals surface area contributed by atoms with Gasteiger partial charge in [-0.15, -0.1) is 0 Å². The van der Waals surface area contributed by atoms with E-state index in [9.17, 15) is 4.79 Å². The number of hydrogen-bond donors (Lipinski definition) is 0. The SMILES string of the molecule is C[C@@H]1CN2C[C@H]3CC[C@H]4CCC=C4C45CCC(=O)OCC34CC[C@@H]1[C@@H]25. The molecule has 0 spiro atoms. The van der Waals surface area contributed by atoms with Crippen molar-refractivity contribution in [1.82, 2.24) is 4.90 Å². The van der Waals surface area contributed by atoms with Crippen LogP contribution in [0, 0.1) is 34.5 Å². The summed E-state index contributed by atoms with van der Waals surface area (Å²) in [5.41, 5.74) is 2.28. The van der Waals surface area contributed by atoms with Crippen molar-refractivity contribution in [3.8, 4) is 0 Å². The number of fused-ring (bicyclic) bond motifs is 1. The summed E-state index contributed by atoms with van der Waals surface area (Å²) in [5, 5.41) is 0. The molecule has 5 fully saturated rings. The third-order valence-electron chi connectivity index (χ3n) is 9.52. The molecule has 3 heteroatoms. The van der Waals surface area contributed by atoms with Crippen molar-refractivity contribution in [3.05, 3.63) is 11.6 Å². The molecule has 3 saturated heterocycles. The van der Waals surface area contributed by atoms with Crippen LogP contribution in [0.1, 0.15) is 58.3 Å². The van der Waals surface area contributed by atoms with Crippen LogP contribution in [0.3, 0.4) is 0 Å². The summed E-state index contributed by atoms with van der Waals surface area (Å²) in [4.78, 5) is 15.2. The highest BCUT2D eigenvalue weighted by Crippen LogP contribution is 2.73. The Labute approximate surface area is 151 Å². The molecule has 3 aliphatic carbocycles. The van der Waals surface area contributed by atoms with Gasteiger partial charge in [0.05, 0.1) is 6.61 Å². The molecule has 0 aromatic rings. The minimum Gasteiger partial charge on any atom is -0.465 e. The van der Waals surface area contributed by atoms with E-state index in [1.54, 1.807) is 5.57 Å². The van der Waals surface area contributed by atoms with Crippen LogP contribution in [-0.2, 0) is 9.53 Å². The zero-order valence-corrected chi connectivity index (χ0v) is 15.5. The lowest BCUT2D eigenvalue weighted by atomic mass is 9.42. The van der Waals surface area contributed by atoms with Gasteiger partial charge in [0.15, 0.2) is 0 Å². The lowest BCUT2D eigenvalue weighted by Gasteiger charge is -2.66. The van der Waals surface area contributed by atoms with Gasteiger partial charge in [-0.1, -0.05) is 18.6 Å². The molecule has 6 rings (SSSR count). The van der Waals surface area contributed by atoms with E-state index in [2.05, 4.69) is 17.9 Å². The van der Waals surface area contributed by atoms with Crippen LogP contribution in [0.2, 0.25) is 0 Å². The first kappa shape index (κ1) is 15.2. The van der Waals surface area contributed by atoms with Crippen molar-refractivity contribution in [2.75, 3.05) is 19.7 Å². The molecule has 4 bridgehead atoms. The van der Waals surface area contributed by atoms with Gasteiger partial charge >= 0.3 is 5.97 Å². The second-order valence-corrected chi connectivity index (χ2v) is 10.1. The van der Waals surface area contributed by atoms with Gasteiger partial charge in [0.2, 0.25) is 0 Å². The highest BCUT2D eigenvalue weighted by Gasteiger charge is 2.72. The van der Waals surface area contributed by atoms with Crippen molar-refractivity contribution in [2.24, 2.45) is 34.5 Å².